The first kappa shape index (κ1) is 24.5. The van der Waals surface area contributed by atoms with Crippen molar-refractivity contribution in [1.82, 2.24) is 20.4 Å². The van der Waals surface area contributed by atoms with Crippen LogP contribution in [0.15, 0.2) is 41.4 Å². The summed E-state index contributed by atoms with van der Waals surface area (Å²) in [6.07, 6.45) is -0.250. The molecule has 0 saturated carbocycles. The Kier molecular flexibility index (Phi) is 7.49. The molecule has 3 heterocycles. The zero-order valence-electron chi connectivity index (χ0n) is 19.4. The number of amidine groups is 1. The minimum Gasteiger partial charge on any atom is -0.481 e. The summed E-state index contributed by atoms with van der Waals surface area (Å²) < 4.78 is 19.5. The van der Waals surface area contributed by atoms with Crippen LogP contribution in [0.25, 0.3) is 11.3 Å². The maximum Gasteiger partial charge on any atom is 0.220 e. The van der Waals surface area contributed by atoms with Gasteiger partial charge in [0.1, 0.15) is 5.82 Å². The van der Waals surface area contributed by atoms with Gasteiger partial charge in [-0.1, -0.05) is 12.1 Å². The van der Waals surface area contributed by atoms with Gasteiger partial charge in [-0.25, -0.2) is 24.8 Å². The molecule has 3 aromatic rings. The number of aryl methyl sites for hydroxylation is 1. The lowest BCUT2D eigenvalue weighted by Gasteiger charge is -2.26. The van der Waals surface area contributed by atoms with E-state index in [2.05, 4.69) is 20.4 Å². The van der Waals surface area contributed by atoms with Crippen LogP contribution in [0.4, 0.5) is 10.3 Å². The van der Waals surface area contributed by atoms with Gasteiger partial charge in [-0.2, -0.15) is 0 Å². The second-order valence-electron chi connectivity index (χ2n) is 8.06. The summed E-state index contributed by atoms with van der Waals surface area (Å²) in [6, 6.07) is 9.31. The molecule has 1 aromatic carbocycles. The Morgan fingerprint density at radius 2 is 2.06 bits per heavy atom. The Morgan fingerprint density at radius 3 is 2.83 bits per heavy atom. The van der Waals surface area contributed by atoms with Gasteiger partial charge in [0.05, 0.1) is 55.1 Å². The van der Waals surface area contributed by atoms with E-state index < -0.39 is 18.0 Å². The van der Waals surface area contributed by atoms with Crippen LogP contribution in [-0.4, -0.2) is 57.4 Å². The van der Waals surface area contributed by atoms with Crippen molar-refractivity contribution in [2.45, 2.75) is 31.9 Å². The Bertz CT molecular complexity index is 1240. The lowest BCUT2D eigenvalue weighted by atomic mass is 9.91. The molecule has 0 aliphatic carbocycles. The number of aliphatic hydroxyl groups is 2. The number of methoxy groups -OCH3 is 1. The molecule has 2 atom stereocenters. The molecule has 0 spiro atoms. The smallest absolute Gasteiger partial charge is 0.220 e. The third kappa shape index (κ3) is 5.53. The number of nitrogens with one attached hydrogen (secondary N) is 1. The van der Waals surface area contributed by atoms with E-state index in [1.54, 1.807) is 31.2 Å². The van der Waals surface area contributed by atoms with Crippen LogP contribution in [0.2, 0.25) is 0 Å². The number of pyridine rings is 1. The van der Waals surface area contributed by atoms with E-state index in [0.29, 0.717) is 46.3 Å². The number of nitrogens with two attached hydrogens (primary N) is 1. The number of anilines is 1. The summed E-state index contributed by atoms with van der Waals surface area (Å²) in [4.78, 5) is 23.5. The Morgan fingerprint density at radius 1 is 1.23 bits per heavy atom. The molecule has 2 aromatic heterocycles. The molecule has 0 bridgehead atoms. The summed E-state index contributed by atoms with van der Waals surface area (Å²) in [5.41, 5.74) is 12.6. The van der Waals surface area contributed by atoms with Gasteiger partial charge in [0.15, 0.2) is 5.84 Å². The first-order chi connectivity index (χ1) is 16.9. The maximum atomic E-state index is 14.3. The van der Waals surface area contributed by atoms with Gasteiger partial charge in [0.2, 0.25) is 11.8 Å². The fourth-order valence-corrected chi connectivity index (χ4v) is 3.94. The van der Waals surface area contributed by atoms with Crippen molar-refractivity contribution in [1.29, 1.82) is 0 Å². The summed E-state index contributed by atoms with van der Waals surface area (Å²) in [7, 11) is 1.52. The number of nitrogen functional groups attached to an aromatic ring is 1. The van der Waals surface area contributed by atoms with Crippen molar-refractivity contribution in [3.63, 3.8) is 0 Å². The first-order valence-electron chi connectivity index (χ1n) is 11.1. The van der Waals surface area contributed by atoms with E-state index >= 15 is 0 Å². The highest BCUT2D eigenvalue weighted by Gasteiger charge is 2.28. The monoisotopic (exact) mass is 482 g/mol. The number of hydrogen-bond acceptors (Lipinski definition) is 10. The quantitative estimate of drug-likeness (QED) is 0.279. The van der Waals surface area contributed by atoms with Gasteiger partial charge in [0, 0.05) is 24.5 Å². The minimum atomic E-state index is -0.882. The van der Waals surface area contributed by atoms with E-state index in [1.165, 1.54) is 19.2 Å². The molecule has 0 amide bonds. The molecular weight excluding hydrogens is 455 g/mol. The average Bonchev–Trinajstić information content (AvgIpc) is 2.85. The van der Waals surface area contributed by atoms with Crippen molar-refractivity contribution in [2.75, 3.05) is 26.1 Å². The highest BCUT2D eigenvalue weighted by atomic mass is 19.1. The highest BCUT2D eigenvalue weighted by Crippen LogP contribution is 2.36. The normalized spacial score (nSPS) is 15.8. The van der Waals surface area contributed by atoms with Crippen molar-refractivity contribution in [3.05, 3.63) is 64.7 Å². The van der Waals surface area contributed by atoms with Gasteiger partial charge in [-0.05, 0) is 30.7 Å². The third-order valence-corrected chi connectivity index (χ3v) is 5.61. The largest absolute Gasteiger partial charge is 0.481 e. The number of aromatic nitrogens is 3. The van der Waals surface area contributed by atoms with Crippen molar-refractivity contribution >= 4 is 11.8 Å². The molecule has 0 unspecified atom stereocenters. The summed E-state index contributed by atoms with van der Waals surface area (Å²) >= 11 is 0. The zero-order valence-corrected chi connectivity index (χ0v) is 19.4. The van der Waals surface area contributed by atoms with Gasteiger partial charge in [0.25, 0.3) is 0 Å². The van der Waals surface area contributed by atoms with E-state index in [4.69, 9.17) is 25.4 Å². The van der Waals surface area contributed by atoms with E-state index in [1.807, 2.05) is 0 Å². The Balaban J connectivity index is 1.73. The second-order valence-corrected chi connectivity index (χ2v) is 8.06. The first-order valence-corrected chi connectivity index (χ1v) is 11.1. The van der Waals surface area contributed by atoms with E-state index in [9.17, 15) is 9.50 Å². The fourth-order valence-electron chi connectivity index (χ4n) is 3.94. The van der Waals surface area contributed by atoms with E-state index in [0.717, 1.165) is 5.56 Å². The lowest BCUT2D eigenvalue weighted by molar-refractivity contribution is 0.0287. The molecule has 11 heteroatoms. The van der Waals surface area contributed by atoms with Crippen LogP contribution in [0, 0.1) is 12.7 Å². The minimum absolute atomic E-state index is 0.130. The molecular formula is C24H27FN6O4. The predicted molar refractivity (Wildman–Crippen MR) is 127 cm³/mol. The van der Waals surface area contributed by atoms with Crippen LogP contribution in [0.5, 0.6) is 5.88 Å². The van der Waals surface area contributed by atoms with Gasteiger partial charge in [-0.15, -0.1) is 0 Å². The topological polar surface area (TPSA) is 148 Å². The number of ether oxygens (including phenoxy) is 1. The molecule has 0 fully saturated rings. The molecule has 5 N–H and O–H groups in total. The summed E-state index contributed by atoms with van der Waals surface area (Å²) in [5.74, 6) is 0.537. The second kappa shape index (κ2) is 10.7. The fraction of sp³-hybridized carbons (Fsp3) is 0.333. The Labute approximate surface area is 201 Å². The maximum absolute atomic E-state index is 14.3. The molecule has 184 valence electrons. The third-order valence-electron chi connectivity index (χ3n) is 5.61. The lowest BCUT2D eigenvalue weighted by Crippen LogP contribution is -2.33. The van der Waals surface area contributed by atoms with Crippen LogP contribution in [-0.2, 0) is 11.3 Å². The van der Waals surface area contributed by atoms with Gasteiger partial charge in [-0.3, -0.25) is 9.83 Å². The molecule has 35 heavy (non-hydrogen) atoms. The number of hydrogen-bond donors (Lipinski definition) is 4. The number of nitrogens with zero attached hydrogens (tertiary/aromatic N) is 4. The number of halogens is 1. The molecule has 10 nitrogen and oxygen atoms in total. The van der Waals surface area contributed by atoms with Gasteiger partial charge < -0.3 is 20.7 Å². The summed E-state index contributed by atoms with van der Waals surface area (Å²) in [5, 5.41) is 18.5. The van der Waals surface area contributed by atoms with Crippen LogP contribution < -0.4 is 16.0 Å². The standard InChI is InChI=1S/C24H27FN6O4/c1-13-22-20(30-24(26)27-13)11-19(29-23(22)31-35-9-8-15(33)12-32)16-7-6-14(25)10-17(16)18-4-3-5-21(28-18)34-2/h3-7,10,15,19,32-33H,8-9,11-12H2,1-2H3,(H,29,31)(H2,26,27,30)/t15-,19-/m1/s1. The van der Waals surface area contributed by atoms with Crippen molar-refractivity contribution < 1.29 is 24.2 Å². The summed E-state index contributed by atoms with van der Waals surface area (Å²) in [6.45, 7) is 1.58. The number of fused-ring (bicyclic) bond motifs is 1. The van der Waals surface area contributed by atoms with Gasteiger partial charge >= 0.3 is 0 Å². The molecule has 4 rings (SSSR count). The highest BCUT2D eigenvalue weighted by molar-refractivity contribution is 6.01. The predicted octanol–water partition coefficient (Wildman–Crippen LogP) is 1.89. The molecule has 0 saturated heterocycles. The molecule has 1 aliphatic rings. The average molecular weight is 483 g/mol. The number of rotatable bonds is 8. The van der Waals surface area contributed by atoms with Crippen LogP contribution in [0.1, 0.15) is 35.0 Å². The Hall–Kier alpha value is -3.67. The number of aliphatic hydroxyl groups excluding tert-OH is 2. The SMILES string of the molecule is COc1cccc(-c2cc(F)ccc2[C@H]2Cc3nc(N)nc(C)c3C(NOCC[C@@H](O)CO)=N2)n1. The number of hydroxylamine groups is 1. The van der Waals surface area contributed by atoms with Crippen molar-refractivity contribution in [2.24, 2.45) is 4.99 Å². The van der Waals surface area contributed by atoms with Crippen LogP contribution >= 0.6 is 0 Å². The van der Waals surface area contributed by atoms with E-state index in [-0.39, 0.29) is 25.6 Å². The molecule has 0 radical (unpaired) electrons. The zero-order chi connectivity index (χ0) is 24.9. The molecule has 1 aliphatic heterocycles. The van der Waals surface area contributed by atoms with Crippen molar-refractivity contribution in [3.8, 4) is 17.1 Å². The number of benzene rings is 1. The van der Waals surface area contributed by atoms with Crippen LogP contribution in [0.3, 0.4) is 0 Å². The number of aliphatic imine (C=N–C) groups is 1.